The van der Waals surface area contributed by atoms with Crippen LogP contribution in [0.5, 0.6) is 0 Å². The summed E-state index contributed by atoms with van der Waals surface area (Å²) in [5.74, 6) is 0. The molecule has 0 aromatic heterocycles. The first kappa shape index (κ1) is 12.1. The zero-order valence-corrected chi connectivity index (χ0v) is 8.06. The largest absolute Gasteiger partial charge is 0.405 e. The lowest BCUT2D eigenvalue weighted by Gasteiger charge is -2.12. The number of hydrogen-bond acceptors (Lipinski definition) is 2. The Hall–Kier alpha value is -0.980. The Labute approximate surface area is 85.2 Å². The van der Waals surface area contributed by atoms with Crippen LogP contribution in [0.2, 0.25) is 0 Å². The quantitative estimate of drug-likeness (QED) is 0.755. The van der Waals surface area contributed by atoms with E-state index in [9.17, 15) is 18.0 Å². The molecule has 0 unspecified atom stereocenters. The molecule has 2 N–H and O–H groups in total. The van der Waals surface area contributed by atoms with Crippen molar-refractivity contribution in [3.63, 3.8) is 0 Å². The summed E-state index contributed by atoms with van der Waals surface area (Å²) in [6, 6.07) is -0.817. The molecule has 0 aromatic rings. The molecule has 88 valence electrons. The van der Waals surface area contributed by atoms with Gasteiger partial charge < -0.3 is 15.4 Å². The maximum Gasteiger partial charge on any atom is 0.405 e. The number of alkyl halides is 3. The van der Waals surface area contributed by atoms with Crippen molar-refractivity contribution in [3.05, 3.63) is 0 Å². The van der Waals surface area contributed by atoms with Crippen molar-refractivity contribution in [1.29, 1.82) is 0 Å². The van der Waals surface area contributed by atoms with E-state index in [0.29, 0.717) is 6.61 Å². The van der Waals surface area contributed by atoms with Gasteiger partial charge >= 0.3 is 12.2 Å². The number of amides is 2. The highest BCUT2D eigenvalue weighted by atomic mass is 19.4. The molecule has 0 aliphatic carbocycles. The summed E-state index contributed by atoms with van der Waals surface area (Å²) in [4.78, 5) is 10.9. The lowest BCUT2D eigenvalue weighted by Crippen LogP contribution is -2.43. The van der Waals surface area contributed by atoms with Crippen molar-refractivity contribution in [2.45, 2.75) is 25.1 Å². The SMILES string of the molecule is O=C(NC[C@@H]1CCCO1)NCC(F)(F)F. The number of hydrogen-bond donors (Lipinski definition) is 2. The van der Waals surface area contributed by atoms with Crippen LogP contribution in [0.3, 0.4) is 0 Å². The first-order valence-corrected chi connectivity index (χ1v) is 4.67. The number of nitrogens with one attached hydrogen (secondary N) is 2. The standard InChI is InChI=1S/C8H13F3N2O2/c9-8(10,11)5-13-7(14)12-4-6-2-1-3-15-6/h6H,1-5H2,(H2,12,13,14)/t6-/m0/s1. The van der Waals surface area contributed by atoms with Crippen LogP contribution in [0, 0.1) is 0 Å². The molecule has 1 aliphatic heterocycles. The number of carbonyl (C=O) groups is 1. The fourth-order valence-electron chi connectivity index (χ4n) is 1.25. The number of carbonyl (C=O) groups excluding carboxylic acids is 1. The summed E-state index contributed by atoms with van der Waals surface area (Å²) >= 11 is 0. The van der Waals surface area contributed by atoms with Crippen LogP contribution in [0.4, 0.5) is 18.0 Å². The average molecular weight is 226 g/mol. The van der Waals surface area contributed by atoms with Gasteiger partial charge in [0.2, 0.25) is 0 Å². The molecular weight excluding hydrogens is 213 g/mol. The molecule has 1 atom stereocenters. The Balaban J connectivity index is 2.08. The molecule has 1 fully saturated rings. The van der Waals surface area contributed by atoms with Gasteiger partial charge in [-0.3, -0.25) is 0 Å². The van der Waals surface area contributed by atoms with Crippen LogP contribution in [-0.2, 0) is 4.74 Å². The van der Waals surface area contributed by atoms with E-state index in [2.05, 4.69) is 5.32 Å². The summed E-state index contributed by atoms with van der Waals surface area (Å²) in [7, 11) is 0. The van der Waals surface area contributed by atoms with Gasteiger partial charge in [0.1, 0.15) is 6.54 Å². The van der Waals surface area contributed by atoms with E-state index in [-0.39, 0.29) is 12.6 Å². The average Bonchev–Trinajstić information content (AvgIpc) is 2.62. The molecule has 1 heterocycles. The van der Waals surface area contributed by atoms with Crippen LogP contribution in [0.15, 0.2) is 0 Å². The van der Waals surface area contributed by atoms with Crippen molar-refractivity contribution < 1.29 is 22.7 Å². The third-order valence-corrected chi connectivity index (χ3v) is 1.96. The minimum atomic E-state index is -4.37. The monoisotopic (exact) mass is 226 g/mol. The van der Waals surface area contributed by atoms with E-state index in [1.807, 2.05) is 0 Å². The summed E-state index contributed by atoms with van der Waals surface area (Å²) < 4.78 is 40.3. The molecule has 0 radical (unpaired) electrons. The predicted octanol–water partition coefficient (Wildman–Crippen LogP) is 1.03. The normalized spacial score (nSPS) is 21.4. The van der Waals surface area contributed by atoms with E-state index >= 15 is 0 Å². The number of ether oxygens (including phenoxy) is 1. The summed E-state index contributed by atoms with van der Waals surface area (Å²) in [5.41, 5.74) is 0. The topological polar surface area (TPSA) is 50.4 Å². The Morgan fingerprint density at radius 1 is 1.40 bits per heavy atom. The molecular formula is C8H13F3N2O2. The van der Waals surface area contributed by atoms with E-state index in [1.54, 1.807) is 5.32 Å². The van der Waals surface area contributed by atoms with Crippen LogP contribution in [0.25, 0.3) is 0 Å². The maximum atomic E-state index is 11.7. The molecule has 1 saturated heterocycles. The lowest BCUT2D eigenvalue weighted by atomic mass is 10.2. The third kappa shape index (κ3) is 5.46. The molecule has 0 spiro atoms. The lowest BCUT2D eigenvalue weighted by molar-refractivity contribution is -0.122. The van der Waals surface area contributed by atoms with Crippen molar-refractivity contribution >= 4 is 6.03 Å². The molecule has 1 rings (SSSR count). The second kappa shape index (κ2) is 5.20. The van der Waals surface area contributed by atoms with Gasteiger partial charge in [-0.05, 0) is 12.8 Å². The van der Waals surface area contributed by atoms with Crippen LogP contribution in [-0.4, -0.2) is 38.0 Å². The van der Waals surface area contributed by atoms with Gasteiger partial charge in [0.05, 0.1) is 6.10 Å². The zero-order chi connectivity index (χ0) is 11.3. The summed E-state index contributed by atoms with van der Waals surface area (Å²) in [5, 5.41) is 4.04. The highest BCUT2D eigenvalue weighted by Gasteiger charge is 2.27. The molecule has 7 heteroatoms. The second-order valence-electron chi connectivity index (χ2n) is 3.31. The van der Waals surface area contributed by atoms with Crippen LogP contribution < -0.4 is 10.6 Å². The number of rotatable bonds is 3. The van der Waals surface area contributed by atoms with E-state index in [4.69, 9.17) is 4.74 Å². The van der Waals surface area contributed by atoms with Crippen molar-refractivity contribution in [1.82, 2.24) is 10.6 Å². The molecule has 4 nitrogen and oxygen atoms in total. The first-order valence-electron chi connectivity index (χ1n) is 4.67. The maximum absolute atomic E-state index is 11.7. The molecule has 0 aromatic carbocycles. The van der Waals surface area contributed by atoms with Crippen LogP contribution in [0.1, 0.15) is 12.8 Å². The highest BCUT2D eigenvalue weighted by molar-refractivity contribution is 5.73. The third-order valence-electron chi connectivity index (χ3n) is 1.96. The van der Waals surface area contributed by atoms with Gasteiger partial charge in [0.25, 0.3) is 0 Å². The minimum absolute atomic E-state index is 0.0679. The number of halogens is 3. The van der Waals surface area contributed by atoms with Gasteiger partial charge in [-0.25, -0.2) is 4.79 Å². The fraction of sp³-hybridized carbons (Fsp3) is 0.875. The van der Waals surface area contributed by atoms with Gasteiger partial charge in [-0.2, -0.15) is 13.2 Å². The van der Waals surface area contributed by atoms with Gasteiger partial charge in [-0.1, -0.05) is 0 Å². The summed E-state index contributed by atoms with van der Waals surface area (Å²) in [6.07, 6.45) is -2.68. The molecule has 0 bridgehead atoms. The van der Waals surface area contributed by atoms with E-state index in [1.165, 1.54) is 0 Å². The Morgan fingerprint density at radius 3 is 2.67 bits per heavy atom. The van der Waals surface area contributed by atoms with Crippen molar-refractivity contribution in [2.24, 2.45) is 0 Å². The fourth-order valence-corrected chi connectivity index (χ4v) is 1.25. The molecule has 1 aliphatic rings. The van der Waals surface area contributed by atoms with Gasteiger partial charge in [0.15, 0.2) is 0 Å². The minimum Gasteiger partial charge on any atom is -0.376 e. The second-order valence-corrected chi connectivity index (χ2v) is 3.31. The molecule has 15 heavy (non-hydrogen) atoms. The smallest absolute Gasteiger partial charge is 0.376 e. The van der Waals surface area contributed by atoms with E-state index < -0.39 is 18.8 Å². The predicted molar refractivity (Wildman–Crippen MR) is 46.4 cm³/mol. The summed E-state index contributed by atoms with van der Waals surface area (Å²) in [6.45, 7) is -0.412. The Kier molecular flexibility index (Phi) is 4.19. The highest BCUT2D eigenvalue weighted by Crippen LogP contribution is 2.12. The molecule has 2 amide bonds. The van der Waals surface area contributed by atoms with Crippen molar-refractivity contribution in [2.75, 3.05) is 19.7 Å². The first-order chi connectivity index (χ1) is 6.97. The zero-order valence-electron chi connectivity index (χ0n) is 8.06. The number of urea groups is 1. The molecule has 0 saturated carbocycles. The Bertz CT molecular complexity index is 214. The van der Waals surface area contributed by atoms with E-state index in [0.717, 1.165) is 12.8 Å². The van der Waals surface area contributed by atoms with Crippen molar-refractivity contribution in [3.8, 4) is 0 Å². The van der Waals surface area contributed by atoms with Gasteiger partial charge in [0, 0.05) is 13.2 Å². The van der Waals surface area contributed by atoms with Gasteiger partial charge in [-0.15, -0.1) is 0 Å². The Morgan fingerprint density at radius 2 is 2.13 bits per heavy atom. The van der Waals surface area contributed by atoms with Crippen LogP contribution >= 0.6 is 0 Å².